The Hall–Kier alpha value is -1.80. The van der Waals surface area contributed by atoms with Crippen molar-refractivity contribution in [1.29, 1.82) is 0 Å². The summed E-state index contributed by atoms with van der Waals surface area (Å²) < 4.78 is 0. The van der Waals surface area contributed by atoms with E-state index in [1.165, 1.54) is 23.2 Å². The van der Waals surface area contributed by atoms with E-state index < -0.39 is 0 Å². The Balaban J connectivity index is 1.84. The van der Waals surface area contributed by atoms with Gasteiger partial charge < -0.3 is 10.6 Å². The molecule has 0 aromatic heterocycles. The summed E-state index contributed by atoms with van der Waals surface area (Å²) in [7, 11) is 0. The molecule has 1 aliphatic rings. The maximum atomic E-state index is 6.05. The van der Waals surface area contributed by atoms with Gasteiger partial charge in [-0.25, -0.2) is 0 Å². The van der Waals surface area contributed by atoms with Crippen molar-refractivity contribution < 1.29 is 0 Å². The molecule has 2 aromatic rings. The molecule has 3 rings (SSSR count). The lowest BCUT2D eigenvalue weighted by molar-refractivity contribution is 0.513. The van der Waals surface area contributed by atoms with Crippen LogP contribution in [0, 0.1) is 5.92 Å². The summed E-state index contributed by atoms with van der Waals surface area (Å²) >= 11 is 0. The Morgan fingerprint density at radius 3 is 2.57 bits per heavy atom. The van der Waals surface area contributed by atoms with Gasteiger partial charge in [0.2, 0.25) is 0 Å². The summed E-state index contributed by atoms with van der Waals surface area (Å²) in [6.45, 7) is 5.15. The molecule has 2 nitrogen and oxygen atoms in total. The minimum atomic E-state index is 0.393. The Morgan fingerprint density at radius 2 is 1.81 bits per heavy atom. The lowest BCUT2D eigenvalue weighted by Gasteiger charge is -2.37. The van der Waals surface area contributed by atoms with E-state index in [4.69, 9.17) is 5.73 Å². The van der Waals surface area contributed by atoms with Gasteiger partial charge in [0.1, 0.15) is 0 Å². The Labute approximate surface area is 127 Å². The molecule has 2 atom stereocenters. The van der Waals surface area contributed by atoms with Crippen LogP contribution in [-0.2, 0) is 6.42 Å². The molecule has 0 saturated carbocycles. The highest BCUT2D eigenvalue weighted by atomic mass is 15.1. The number of rotatable bonds is 4. The molecular formula is C19H24N2. The number of benzene rings is 2. The van der Waals surface area contributed by atoms with Crippen LogP contribution in [0.4, 0.5) is 5.69 Å². The highest BCUT2D eigenvalue weighted by Gasteiger charge is 2.23. The normalized spacial score (nSPS) is 19.1. The third-order valence-corrected chi connectivity index (χ3v) is 4.43. The molecule has 2 aromatic carbocycles. The van der Waals surface area contributed by atoms with Crippen LogP contribution in [0.5, 0.6) is 0 Å². The Kier molecular flexibility index (Phi) is 4.26. The molecule has 2 heteroatoms. The van der Waals surface area contributed by atoms with Crippen molar-refractivity contribution in [1.82, 2.24) is 0 Å². The topological polar surface area (TPSA) is 29.3 Å². The molecule has 21 heavy (non-hydrogen) atoms. The van der Waals surface area contributed by atoms with Crippen molar-refractivity contribution in [2.75, 3.05) is 24.5 Å². The first-order chi connectivity index (χ1) is 10.3. The average Bonchev–Trinajstić information content (AvgIpc) is 2.53. The largest absolute Gasteiger partial charge is 0.370 e. The average molecular weight is 280 g/mol. The van der Waals surface area contributed by atoms with Crippen molar-refractivity contribution >= 4 is 5.69 Å². The van der Waals surface area contributed by atoms with E-state index in [2.05, 4.69) is 66.4 Å². The number of hydrogen-bond donors (Lipinski definition) is 1. The fraction of sp³-hybridized carbons (Fsp3) is 0.368. The van der Waals surface area contributed by atoms with Gasteiger partial charge >= 0.3 is 0 Å². The summed E-state index contributed by atoms with van der Waals surface area (Å²) in [4.78, 5) is 2.52. The molecular weight excluding hydrogens is 256 g/mol. The van der Waals surface area contributed by atoms with Gasteiger partial charge in [-0.15, -0.1) is 0 Å². The van der Waals surface area contributed by atoms with Gasteiger partial charge in [-0.2, -0.15) is 0 Å². The number of fused-ring (bicyclic) bond motifs is 1. The Morgan fingerprint density at radius 1 is 1.10 bits per heavy atom. The van der Waals surface area contributed by atoms with Crippen LogP contribution in [0.25, 0.3) is 0 Å². The maximum absolute atomic E-state index is 6.05. The van der Waals surface area contributed by atoms with Crippen LogP contribution in [0.2, 0.25) is 0 Å². The second-order valence-electron chi connectivity index (χ2n) is 6.19. The summed E-state index contributed by atoms with van der Waals surface area (Å²) in [5.74, 6) is 1.10. The minimum Gasteiger partial charge on any atom is -0.370 e. The summed E-state index contributed by atoms with van der Waals surface area (Å²) in [6, 6.07) is 19.4. The zero-order valence-corrected chi connectivity index (χ0v) is 12.7. The fourth-order valence-electron chi connectivity index (χ4n) is 3.39. The van der Waals surface area contributed by atoms with E-state index in [-0.39, 0.29) is 0 Å². The molecule has 0 bridgehead atoms. The van der Waals surface area contributed by atoms with Crippen LogP contribution >= 0.6 is 0 Å². The van der Waals surface area contributed by atoms with E-state index >= 15 is 0 Å². The predicted molar refractivity (Wildman–Crippen MR) is 89.8 cm³/mol. The second-order valence-corrected chi connectivity index (χ2v) is 6.19. The number of anilines is 1. The minimum absolute atomic E-state index is 0.393. The molecule has 0 spiro atoms. The third-order valence-electron chi connectivity index (χ3n) is 4.43. The van der Waals surface area contributed by atoms with Crippen molar-refractivity contribution in [3.63, 3.8) is 0 Å². The molecule has 0 amide bonds. The van der Waals surface area contributed by atoms with Crippen LogP contribution in [0.3, 0.4) is 0 Å². The van der Waals surface area contributed by atoms with E-state index in [1.807, 2.05) is 0 Å². The van der Waals surface area contributed by atoms with Gasteiger partial charge in [0.15, 0.2) is 0 Å². The van der Waals surface area contributed by atoms with Crippen LogP contribution in [0.15, 0.2) is 54.6 Å². The highest BCUT2D eigenvalue weighted by molar-refractivity contribution is 5.56. The number of para-hydroxylation sites is 1. The van der Waals surface area contributed by atoms with E-state index in [9.17, 15) is 0 Å². The van der Waals surface area contributed by atoms with Gasteiger partial charge in [0, 0.05) is 31.2 Å². The molecule has 1 heterocycles. The lowest BCUT2D eigenvalue weighted by Crippen LogP contribution is -2.38. The van der Waals surface area contributed by atoms with Crippen LogP contribution in [0.1, 0.15) is 24.0 Å². The monoisotopic (exact) mass is 280 g/mol. The zero-order valence-electron chi connectivity index (χ0n) is 12.7. The summed E-state index contributed by atoms with van der Waals surface area (Å²) in [5, 5.41) is 0. The van der Waals surface area contributed by atoms with Gasteiger partial charge in [-0.3, -0.25) is 0 Å². The number of nitrogens with two attached hydrogens (primary N) is 1. The van der Waals surface area contributed by atoms with Crippen molar-refractivity contribution in [2.24, 2.45) is 11.7 Å². The second kappa shape index (κ2) is 6.31. The van der Waals surface area contributed by atoms with Crippen molar-refractivity contribution in [3.05, 3.63) is 65.7 Å². The standard InChI is InChI=1S/C19H24N2/c1-15-11-17-9-5-6-10-19(17)21(13-15)14-18(12-20)16-7-3-2-4-8-16/h2-10,15,18H,11-14,20H2,1H3. The van der Waals surface area contributed by atoms with Gasteiger partial charge in [-0.05, 0) is 29.5 Å². The molecule has 0 saturated heterocycles. The third kappa shape index (κ3) is 3.11. The molecule has 0 aliphatic carbocycles. The van der Waals surface area contributed by atoms with Crippen LogP contribution in [-0.4, -0.2) is 19.6 Å². The quantitative estimate of drug-likeness (QED) is 0.929. The molecule has 0 radical (unpaired) electrons. The first kappa shape index (κ1) is 14.2. The maximum Gasteiger partial charge on any atom is 0.0399 e. The molecule has 110 valence electrons. The number of nitrogens with zero attached hydrogens (tertiary/aromatic N) is 1. The highest BCUT2D eigenvalue weighted by Crippen LogP contribution is 2.31. The van der Waals surface area contributed by atoms with Gasteiger partial charge in [-0.1, -0.05) is 55.5 Å². The van der Waals surface area contributed by atoms with Gasteiger partial charge in [0.05, 0.1) is 0 Å². The molecule has 2 unspecified atom stereocenters. The first-order valence-electron chi connectivity index (χ1n) is 7.85. The molecule has 2 N–H and O–H groups in total. The SMILES string of the molecule is CC1Cc2ccccc2N(CC(CN)c2ccccc2)C1. The van der Waals surface area contributed by atoms with E-state index in [1.54, 1.807) is 0 Å². The lowest BCUT2D eigenvalue weighted by atomic mass is 9.91. The zero-order chi connectivity index (χ0) is 14.7. The summed E-state index contributed by atoms with van der Waals surface area (Å²) in [5.41, 5.74) is 10.3. The van der Waals surface area contributed by atoms with E-state index in [0.29, 0.717) is 18.4 Å². The van der Waals surface area contributed by atoms with Crippen LogP contribution < -0.4 is 10.6 Å². The first-order valence-corrected chi connectivity index (χ1v) is 7.85. The molecule has 1 aliphatic heterocycles. The van der Waals surface area contributed by atoms with Crippen molar-refractivity contribution in [2.45, 2.75) is 19.3 Å². The van der Waals surface area contributed by atoms with Gasteiger partial charge in [0.25, 0.3) is 0 Å². The van der Waals surface area contributed by atoms with Crippen molar-refractivity contribution in [3.8, 4) is 0 Å². The smallest absolute Gasteiger partial charge is 0.0399 e. The summed E-state index contributed by atoms with van der Waals surface area (Å²) in [6.07, 6.45) is 1.19. The number of hydrogen-bond acceptors (Lipinski definition) is 2. The molecule has 0 fully saturated rings. The Bertz CT molecular complexity index is 579. The fourth-order valence-corrected chi connectivity index (χ4v) is 3.39. The predicted octanol–water partition coefficient (Wildman–Crippen LogP) is 3.43. The van der Waals surface area contributed by atoms with E-state index in [0.717, 1.165) is 13.1 Å².